The number of carbonyl (C=O) groups excluding carboxylic acids is 1. The Hall–Kier alpha value is -1.82. The van der Waals surface area contributed by atoms with Crippen LogP contribution in [0.3, 0.4) is 0 Å². The molecule has 2 aromatic carbocycles. The van der Waals surface area contributed by atoms with Gasteiger partial charge in [0.1, 0.15) is 17.3 Å². The highest BCUT2D eigenvalue weighted by molar-refractivity contribution is 9.10. The van der Waals surface area contributed by atoms with Crippen LogP contribution < -0.4 is 0 Å². The van der Waals surface area contributed by atoms with E-state index in [9.17, 15) is 4.79 Å². The maximum absolute atomic E-state index is 12.5. The quantitative estimate of drug-likeness (QED) is 0.467. The van der Waals surface area contributed by atoms with Gasteiger partial charge < -0.3 is 4.74 Å². The Balaban J connectivity index is 1.75. The van der Waals surface area contributed by atoms with Gasteiger partial charge in [-0.2, -0.15) is 5.10 Å². The summed E-state index contributed by atoms with van der Waals surface area (Å²) in [6, 6.07) is 15.0. The largest absolute Gasteiger partial charge is 0.457 e. The van der Waals surface area contributed by atoms with E-state index in [1.165, 1.54) is 0 Å². The van der Waals surface area contributed by atoms with Gasteiger partial charge in [-0.3, -0.25) is 0 Å². The first-order valence-electron chi connectivity index (χ1n) is 7.83. The third-order valence-electron chi connectivity index (χ3n) is 3.83. The summed E-state index contributed by atoms with van der Waals surface area (Å²) in [5, 5.41) is 5.21. The van der Waals surface area contributed by atoms with Gasteiger partial charge in [0, 0.05) is 9.50 Å². The molecule has 0 N–H and O–H groups in total. The third kappa shape index (κ3) is 4.29. The molecule has 0 aliphatic heterocycles. The van der Waals surface area contributed by atoms with Crippen molar-refractivity contribution in [2.45, 2.75) is 20.1 Å². The zero-order valence-electron chi connectivity index (χ0n) is 13.9. The number of halogens is 3. The van der Waals surface area contributed by atoms with Crippen LogP contribution in [0.25, 0.3) is 0 Å². The molecule has 0 spiro atoms. The minimum atomic E-state index is -0.499. The molecule has 1 heterocycles. The van der Waals surface area contributed by atoms with Crippen LogP contribution in [0.1, 0.15) is 27.2 Å². The zero-order valence-corrected chi connectivity index (χ0v) is 17.0. The lowest BCUT2D eigenvalue weighted by Crippen LogP contribution is -2.07. The van der Waals surface area contributed by atoms with Gasteiger partial charge in [0.2, 0.25) is 0 Å². The van der Waals surface area contributed by atoms with Gasteiger partial charge in [0.15, 0.2) is 0 Å². The van der Waals surface area contributed by atoms with Gasteiger partial charge in [-0.25, -0.2) is 9.48 Å². The Bertz CT molecular complexity index is 939. The lowest BCUT2D eigenvalue weighted by molar-refractivity contribution is 0.0472. The number of carbonyl (C=O) groups is 1. The Morgan fingerprint density at radius 1 is 1.15 bits per heavy atom. The van der Waals surface area contributed by atoms with Crippen molar-refractivity contribution in [1.29, 1.82) is 0 Å². The third-order valence-corrected chi connectivity index (χ3v) is 5.11. The van der Waals surface area contributed by atoms with Crippen LogP contribution in [0, 0.1) is 6.92 Å². The number of hydrogen-bond acceptors (Lipinski definition) is 3. The molecule has 0 aliphatic rings. The van der Waals surface area contributed by atoms with E-state index in [4.69, 9.17) is 27.9 Å². The molecular weight excluding hydrogens is 439 g/mol. The topological polar surface area (TPSA) is 44.1 Å². The predicted molar refractivity (Wildman–Crippen MR) is 106 cm³/mol. The Morgan fingerprint density at radius 2 is 1.85 bits per heavy atom. The highest BCUT2D eigenvalue weighted by Gasteiger charge is 2.22. The monoisotopic (exact) mass is 452 g/mol. The van der Waals surface area contributed by atoms with Gasteiger partial charge in [0.25, 0.3) is 0 Å². The van der Waals surface area contributed by atoms with Crippen molar-refractivity contribution >= 4 is 45.1 Å². The van der Waals surface area contributed by atoms with Gasteiger partial charge in [0.05, 0.1) is 12.2 Å². The fraction of sp³-hybridized carbons (Fsp3) is 0.158. The molecule has 0 bridgehead atoms. The first-order valence-corrected chi connectivity index (χ1v) is 9.38. The molecule has 0 atom stereocenters. The van der Waals surface area contributed by atoms with Gasteiger partial charge in [-0.1, -0.05) is 69.5 Å². The zero-order chi connectivity index (χ0) is 18.7. The molecular formula is C19H15BrCl2N2O2. The van der Waals surface area contributed by atoms with Crippen LogP contribution in [0.2, 0.25) is 10.2 Å². The molecule has 7 heteroatoms. The van der Waals surface area contributed by atoms with Crippen molar-refractivity contribution in [2.24, 2.45) is 0 Å². The SMILES string of the molecule is Cc1nn(Cc2ccccc2Cl)c(Cl)c1C(=O)OCc1ccc(Br)cc1. The van der Waals surface area contributed by atoms with Crippen LogP contribution >= 0.6 is 39.1 Å². The first-order chi connectivity index (χ1) is 12.5. The minimum Gasteiger partial charge on any atom is -0.457 e. The molecule has 1 aromatic heterocycles. The molecule has 134 valence electrons. The number of esters is 1. The molecule has 4 nitrogen and oxygen atoms in total. The number of ether oxygens (including phenoxy) is 1. The molecule has 0 radical (unpaired) electrons. The normalized spacial score (nSPS) is 10.8. The molecule has 0 amide bonds. The van der Waals surface area contributed by atoms with Crippen LogP contribution in [-0.4, -0.2) is 15.7 Å². The summed E-state index contributed by atoms with van der Waals surface area (Å²) in [5.74, 6) is -0.499. The highest BCUT2D eigenvalue weighted by Crippen LogP contribution is 2.24. The van der Waals surface area contributed by atoms with Crippen LogP contribution in [0.5, 0.6) is 0 Å². The number of hydrogen-bond donors (Lipinski definition) is 0. The summed E-state index contributed by atoms with van der Waals surface area (Å²) in [4.78, 5) is 12.5. The minimum absolute atomic E-state index is 0.164. The van der Waals surface area contributed by atoms with Gasteiger partial charge in [-0.15, -0.1) is 0 Å². The van der Waals surface area contributed by atoms with Crippen molar-refractivity contribution in [3.63, 3.8) is 0 Å². The average Bonchev–Trinajstić information content (AvgIpc) is 2.90. The summed E-state index contributed by atoms with van der Waals surface area (Å²) in [6.07, 6.45) is 0. The molecule has 0 saturated carbocycles. The summed E-state index contributed by atoms with van der Waals surface area (Å²) >= 11 is 15.9. The second kappa shape index (κ2) is 8.25. The van der Waals surface area contributed by atoms with Gasteiger partial charge >= 0.3 is 5.97 Å². The summed E-state index contributed by atoms with van der Waals surface area (Å²) in [7, 11) is 0. The van der Waals surface area contributed by atoms with Crippen LogP contribution in [-0.2, 0) is 17.9 Å². The first kappa shape index (κ1) is 19.0. The molecule has 26 heavy (non-hydrogen) atoms. The standard InChI is InChI=1S/C19H15BrCl2N2O2/c1-12-17(19(25)26-11-13-6-8-15(20)9-7-13)18(22)24(23-12)10-14-4-2-3-5-16(14)21/h2-9H,10-11H2,1H3. The van der Waals surface area contributed by atoms with E-state index in [1.54, 1.807) is 17.7 Å². The molecule has 0 unspecified atom stereocenters. The Kier molecular flexibility index (Phi) is 6.01. The fourth-order valence-corrected chi connectivity index (χ4v) is 3.25. The van der Waals surface area contributed by atoms with Crippen molar-refractivity contribution in [2.75, 3.05) is 0 Å². The molecule has 0 aliphatic carbocycles. The number of benzene rings is 2. The molecule has 0 saturated heterocycles. The number of rotatable bonds is 5. The average molecular weight is 454 g/mol. The number of nitrogens with zero attached hydrogens (tertiary/aromatic N) is 2. The van der Waals surface area contributed by atoms with E-state index in [0.717, 1.165) is 15.6 Å². The second-order valence-corrected chi connectivity index (χ2v) is 7.38. The van der Waals surface area contributed by atoms with Gasteiger partial charge in [-0.05, 0) is 36.2 Å². The Labute approximate surface area is 169 Å². The molecule has 3 rings (SSSR count). The Morgan fingerprint density at radius 3 is 2.54 bits per heavy atom. The predicted octanol–water partition coefficient (Wildman–Crippen LogP) is 5.67. The number of aryl methyl sites for hydroxylation is 1. The maximum atomic E-state index is 12.5. The lowest BCUT2D eigenvalue weighted by atomic mass is 10.2. The van der Waals surface area contributed by atoms with E-state index in [2.05, 4.69) is 21.0 Å². The smallest absolute Gasteiger partial charge is 0.343 e. The number of aromatic nitrogens is 2. The molecule has 3 aromatic rings. The van der Waals surface area contributed by atoms with Crippen LogP contribution in [0.4, 0.5) is 0 Å². The van der Waals surface area contributed by atoms with E-state index in [-0.39, 0.29) is 17.3 Å². The maximum Gasteiger partial charge on any atom is 0.343 e. The van der Waals surface area contributed by atoms with E-state index in [1.807, 2.05) is 42.5 Å². The van der Waals surface area contributed by atoms with E-state index < -0.39 is 5.97 Å². The summed E-state index contributed by atoms with van der Waals surface area (Å²) in [5.41, 5.74) is 2.55. The highest BCUT2D eigenvalue weighted by atomic mass is 79.9. The van der Waals surface area contributed by atoms with Crippen LogP contribution in [0.15, 0.2) is 53.0 Å². The van der Waals surface area contributed by atoms with E-state index in [0.29, 0.717) is 17.3 Å². The fourth-order valence-electron chi connectivity index (χ4n) is 2.48. The summed E-state index contributed by atoms with van der Waals surface area (Å²) in [6.45, 7) is 2.27. The second-order valence-electron chi connectivity index (χ2n) is 5.70. The lowest BCUT2D eigenvalue weighted by Gasteiger charge is -2.07. The van der Waals surface area contributed by atoms with Crippen molar-refractivity contribution in [3.05, 3.63) is 85.6 Å². The molecule has 0 fully saturated rings. The summed E-state index contributed by atoms with van der Waals surface area (Å²) < 4.78 is 7.90. The van der Waals surface area contributed by atoms with E-state index >= 15 is 0 Å². The van der Waals surface area contributed by atoms with Crippen molar-refractivity contribution in [3.8, 4) is 0 Å². The van der Waals surface area contributed by atoms with Crippen molar-refractivity contribution < 1.29 is 9.53 Å². The van der Waals surface area contributed by atoms with Crippen molar-refractivity contribution in [1.82, 2.24) is 9.78 Å².